The fourth-order valence-electron chi connectivity index (χ4n) is 4.61. The molecular formula is C38H34F8O2. The molecule has 5 rings (SSSR count). The molecule has 48 heavy (non-hydrogen) atoms. The van der Waals surface area contributed by atoms with E-state index in [0.29, 0.717) is 29.4 Å². The predicted molar refractivity (Wildman–Crippen MR) is 172 cm³/mol. The summed E-state index contributed by atoms with van der Waals surface area (Å²) >= 11 is 0. The first-order valence-corrected chi connectivity index (χ1v) is 15.1. The average Bonchev–Trinajstić information content (AvgIpc) is 3.10. The van der Waals surface area contributed by atoms with Crippen LogP contribution < -0.4 is 9.47 Å². The topological polar surface area (TPSA) is 18.5 Å². The second-order valence-electron chi connectivity index (χ2n) is 10.3. The minimum Gasteiger partial charge on any atom is -0.496 e. The van der Waals surface area contributed by atoms with Crippen molar-refractivity contribution in [3.63, 3.8) is 0 Å². The molecule has 0 N–H and O–H groups in total. The Hall–Kier alpha value is -4.86. The monoisotopic (exact) mass is 674 g/mol. The van der Waals surface area contributed by atoms with Gasteiger partial charge in [0.25, 0.3) is 0 Å². The van der Waals surface area contributed by atoms with Crippen molar-refractivity contribution in [1.82, 2.24) is 0 Å². The Morgan fingerprint density at radius 1 is 0.521 bits per heavy atom. The third-order valence-corrected chi connectivity index (χ3v) is 6.92. The van der Waals surface area contributed by atoms with E-state index in [-0.39, 0.29) is 11.3 Å². The lowest BCUT2D eigenvalue weighted by atomic mass is 9.97. The summed E-state index contributed by atoms with van der Waals surface area (Å²) in [6.45, 7) is 10.8. The van der Waals surface area contributed by atoms with Crippen molar-refractivity contribution in [2.45, 2.75) is 48.0 Å². The van der Waals surface area contributed by atoms with Crippen LogP contribution in [0.15, 0.2) is 66.7 Å². The first-order valence-electron chi connectivity index (χ1n) is 15.1. The zero-order chi connectivity index (χ0) is 35.9. The van der Waals surface area contributed by atoms with Crippen LogP contribution in [0.2, 0.25) is 0 Å². The van der Waals surface area contributed by atoms with E-state index in [1.165, 1.54) is 25.7 Å². The van der Waals surface area contributed by atoms with Gasteiger partial charge in [-0.05, 0) is 37.1 Å². The summed E-state index contributed by atoms with van der Waals surface area (Å²) in [5.41, 5.74) is -2.49. The normalized spacial score (nSPS) is 10.5. The van der Waals surface area contributed by atoms with E-state index in [2.05, 4.69) is 13.8 Å². The molecule has 0 spiro atoms. The van der Waals surface area contributed by atoms with Gasteiger partial charge in [-0.2, -0.15) is 8.78 Å². The van der Waals surface area contributed by atoms with Gasteiger partial charge in [-0.3, -0.25) is 0 Å². The molecule has 2 nitrogen and oxygen atoms in total. The third-order valence-electron chi connectivity index (χ3n) is 6.92. The molecule has 0 radical (unpaired) electrons. The Morgan fingerprint density at radius 2 is 0.917 bits per heavy atom. The van der Waals surface area contributed by atoms with Crippen LogP contribution in [0.5, 0.6) is 17.2 Å². The molecular weight excluding hydrogens is 640 g/mol. The molecule has 5 aromatic carbocycles. The van der Waals surface area contributed by atoms with Crippen molar-refractivity contribution in [1.29, 1.82) is 0 Å². The number of aryl methyl sites for hydroxylation is 1. The predicted octanol–water partition coefficient (Wildman–Crippen LogP) is 12.7. The number of ether oxygens (including phenoxy) is 2. The highest BCUT2D eigenvalue weighted by Crippen LogP contribution is 2.46. The second kappa shape index (κ2) is 16.3. The fraction of sp³-hybridized carbons (Fsp3) is 0.211. The van der Waals surface area contributed by atoms with Crippen molar-refractivity contribution >= 4 is 0 Å². The quantitative estimate of drug-likeness (QED) is 0.132. The average molecular weight is 675 g/mol. The van der Waals surface area contributed by atoms with Crippen LogP contribution in [0.3, 0.4) is 0 Å². The van der Waals surface area contributed by atoms with Crippen LogP contribution in [0.1, 0.15) is 45.2 Å². The van der Waals surface area contributed by atoms with E-state index in [0.717, 1.165) is 5.56 Å². The number of methoxy groups -OCH3 is 1. The smallest absolute Gasteiger partial charge is 0.205 e. The minimum absolute atomic E-state index is 0.208. The molecule has 0 heterocycles. The summed E-state index contributed by atoms with van der Waals surface area (Å²) in [7, 11) is 1.40. The Labute approximate surface area is 274 Å². The van der Waals surface area contributed by atoms with Crippen LogP contribution in [0, 0.1) is 60.4 Å². The standard InChI is InChI=1S/C33H20F8O2.C3H8.C2H6/c1-15-9-11-18(12-10-15)20-13-21(42-3)19(17-7-5-4-6-8-17)14-22(20)43-33-31(40)29(38)24(30(39)32(33)41)23-27(36)25(34)16(2)26(35)28(23)37;1-3-2;1-2/h4-14H,1-3H3;3H2,1-2H3;1-2H3. The van der Waals surface area contributed by atoms with E-state index >= 15 is 17.6 Å². The van der Waals surface area contributed by atoms with Gasteiger partial charge in [0.1, 0.15) is 11.5 Å². The Balaban J connectivity index is 0.00000118. The van der Waals surface area contributed by atoms with Crippen LogP contribution in [-0.2, 0) is 0 Å². The summed E-state index contributed by atoms with van der Waals surface area (Å²) in [5, 5.41) is 0. The number of hydrogen-bond acceptors (Lipinski definition) is 2. The Morgan fingerprint density at radius 3 is 1.38 bits per heavy atom. The van der Waals surface area contributed by atoms with Crippen LogP contribution in [0.4, 0.5) is 35.1 Å². The number of hydrogen-bond donors (Lipinski definition) is 0. The molecule has 10 heteroatoms. The maximum atomic E-state index is 15.4. The molecule has 0 bridgehead atoms. The van der Waals surface area contributed by atoms with Crippen LogP contribution in [0.25, 0.3) is 33.4 Å². The SMILES string of the molecule is CC.CCC.COc1cc(-c2ccc(C)cc2)c(Oc2c(F)c(F)c(-c3c(F)c(F)c(C)c(F)c3F)c(F)c2F)cc1-c1ccccc1. The molecule has 5 aromatic rings. The summed E-state index contributed by atoms with van der Waals surface area (Å²) in [4.78, 5) is 0. The number of benzene rings is 5. The van der Waals surface area contributed by atoms with Crippen molar-refractivity contribution in [3.05, 3.63) is 124 Å². The summed E-state index contributed by atoms with van der Waals surface area (Å²) in [6, 6.07) is 18.3. The molecule has 0 atom stereocenters. The van der Waals surface area contributed by atoms with E-state index in [9.17, 15) is 17.6 Å². The summed E-state index contributed by atoms with van der Waals surface area (Å²) in [6.07, 6.45) is 1.25. The zero-order valence-electron chi connectivity index (χ0n) is 27.4. The highest BCUT2D eigenvalue weighted by Gasteiger charge is 2.34. The molecule has 0 fully saturated rings. The van der Waals surface area contributed by atoms with Crippen molar-refractivity contribution in [2.24, 2.45) is 0 Å². The van der Waals surface area contributed by atoms with E-state index in [1.807, 2.05) is 20.8 Å². The van der Waals surface area contributed by atoms with Gasteiger partial charge < -0.3 is 9.47 Å². The molecule has 254 valence electrons. The Bertz CT molecular complexity index is 1830. The zero-order valence-corrected chi connectivity index (χ0v) is 27.4. The lowest BCUT2D eigenvalue weighted by molar-refractivity contribution is 0.366. The second-order valence-corrected chi connectivity index (χ2v) is 10.3. The maximum absolute atomic E-state index is 15.4. The van der Waals surface area contributed by atoms with Gasteiger partial charge in [-0.25, -0.2) is 26.3 Å². The van der Waals surface area contributed by atoms with Gasteiger partial charge in [0.2, 0.25) is 17.4 Å². The lowest BCUT2D eigenvalue weighted by Gasteiger charge is -2.19. The van der Waals surface area contributed by atoms with E-state index in [4.69, 9.17) is 9.47 Å². The largest absolute Gasteiger partial charge is 0.496 e. The molecule has 0 amide bonds. The third kappa shape index (κ3) is 7.32. The molecule has 0 aromatic heterocycles. The minimum atomic E-state index is -2.33. The van der Waals surface area contributed by atoms with E-state index in [1.54, 1.807) is 54.6 Å². The molecule has 0 saturated carbocycles. The van der Waals surface area contributed by atoms with Gasteiger partial charge >= 0.3 is 0 Å². The maximum Gasteiger partial charge on any atom is 0.205 e. The van der Waals surface area contributed by atoms with Crippen molar-refractivity contribution < 1.29 is 44.6 Å². The van der Waals surface area contributed by atoms with Crippen molar-refractivity contribution in [2.75, 3.05) is 7.11 Å². The molecule has 0 unspecified atom stereocenters. The highest BCUT2D eigenvalue weighted by molar-refractivity contribution is 5.82. The number of rotatable bonds is 6. The van der Waals surface area contributed by atoms with Crippen LogP contribution in [-0.4, -0.2) is 7.11 Å². The summed E-state index contributed by atoms with van der Waals surface area (Å²) < 4.78 is 130. The first kappa shape index (κ1) is 37.6. The van der Waals surface area contributed by atoms with Crippen molar-refractivity contribution in [3.8, 4) is 50.6 Å². The van der Waals surface area contributed by atoms with Crippen LogP contribution >= 0.6 is 0 Å². The van der Waals surface area contributed by atoms with E-state index < -0.39 is 69.0 Å². The molecule has 0 aliphatic rings. The van der Waals surface area contributed by atoms with Gasteiger partial charge in [0.15, 0.2) is 34.9 Å². The molecule has 0 aliphatic heterocycles. The van der Waals surface area contributed by atoms with Gasteiger partial charge in [0.05, 0.1) is 18.2 Å². The molecule has 0 aliphatic carbocycles. The lowest BCUT2D eigenvalue weighted by Crippen LogP contribution is -2.09. The molecule has 0 saturated heterocycles. The summed E-state index contributed by atoms with van der Waals surface area (Å²) in [5.74, 6) is -19.0. The first-order chi connectivity index (χ1) is 22.9. The number of halogens is 8. The highest BCUT2D eigenvalue weighted by atomic mass is 19.2. The van der Waals surface area contributed by atoms with Gasteiger partial charge in [0, 0.05) is 16.7 Å². The van der Waals surface area contributed by atoms with Gasteiger partial charge in [-0.15, -0.1) is 0 Å². The van der Waals surface area contributed by atoms with Gasteiger partial charge in [-0.1, -0.05) is 94.3 Å². The Kier molecular flexibility index (Phi) is 12.8. The fourth-order valence-corrected chi connectivity index (χ4v) is 4.61.